The van der Waals surface area contributed by atoms with E-state index in [1.165, 1.54) is 5.56 Å². The summed E-state index contributed by atoms with van der Waals surface area (Å²) in [7, 11) is 2.11. The molecule has 0 radical (unpaired) electrons. The molecule has 0 unspecified atom stereocenters. The van der Waals surface area contributed by atoms with E-state index in [1.54, 1.807) is 0 Å². The fourth-order valence-electron chi connectivity index (χ4n) is 3.06. The quantitative estimate of drug-likeness (QED) is 0.845. The van der Waals surface area contributed by atoms with Crippen molar-refractivity contribution in [3.63, 3.8) is 0 Å². The Labute approximate surface area is 145 Å². The molecule has 1 amide bonds. The molecular formula is C20H29N3O. The fourth-order valence-corrected chi connectivity index (χ4v) is 3.06. The summed E-state index contributed by atoms with van der Waals surface area (Å²) in [5.41, 5.74) is 5.34. The molecule has 0 saturated heterocycles. The first-order chi connectivity index (χ1) is 11.5. The maximum atomic E-state index is 12.5. The standard InChI is InChI=1S/C20H29N3O/c1-6-22(5)14-18-10-8-9-17(12-18)13-21-20(24)19-11-15(3)23(7-2)16(19)4/h8-12H,6-7,13-14H2,1-5H3,(H,21,24). The Morgan fingerprint density at radius 3 is 2.50 bits per heavy atom. The topological polar surface area (TPSA) is 37.3 Å². The summed E-state index contributed by atoms with van der Waals surface area (Å²) in [6, 6.07) is 10.4. The highest BCUT2D eigenvalue weighted by molar-refractivity contribution is 5.95. The lowest BCUT2D eigenvalue weighted by atomic mass is 10.1. The molecule has 1 aromatic carbocycles. The summed E-state index contributed by atoms with van der Waals surface area (Å²) in [4.78, 5) is 14.8. The highest BCUT2D eigenvalue weighted by atomic mass is 16.1. The number of aryl methyl sites for hydroxylation is 1. The monoisotopic (exact) mass is 327 g/mol. The Morgan fingerprint density at radius 1 is 1.17 bits per heavy atom. The predicted molar refractivity (Wildman–Crippen MR) is 99.2 cm³/mol. The molecule has 0 bridgehead atoms. The molecule has 1 aromatic heterocycles. The van der Waals surface area contributed by atoms with E-state index in [0.717, 1.165) is 42.1 Å². The Balaban J connectivity index is 2.03. The van der Waals surface area contributed by atoms with Crippen molar-refractivity contribution in [2.45, 2.75) is 47.3 Å². The van der Waals surface area contributed by atoms with Crippen molar-refractivity contribution in [3.8, 4) is 0 Å². The van der Waals surface area contributed by atoms with Crippen LogP contribution in [0.2, 0.25) is 0 Å². The number of carbonyl (C=O) groups excluding carboxylic acids is 1. The van der Waals surface area contributed by atoms with Gasteiger partial charge in [-0.1, -0.05) is 31.2 Å². The lowest BCUT2D eigenvalue weighted by molar-refractivity contribution is 0.0950. The van der Waals surface area contributed by atoms with Crippen molar-refractivity contribution in [2.75, 3.05) is 13.6 Å². The van der Waals surface area contributed by atoms with Crippen LogP contribution in [0.3, 0.4) is 0 Å². The number of carbonyl (C=O) groups is 1. The Morgan fingerprint density at radius 2 is 1.88 bits per heavy atom. The van der Waals surface area contributed by atoms with Gasteiger partial charge >= 0.3 is 0 Å². The van der Waals surface area contributed by atoms with Gasteiger partial charge in [-0.05, 0) is 51.6 Å². The summed E-state index contributed by atoms with van der Waals surface area (Å²) < 4.78 is 2.16. The molecule has 0 fully saturated rings. The van der Waals surface area contributed by atoms with Gasteiger partial charge in [-0.15, -0.1) is 0 Å². The SMILES string of the molecule is CCN(C)Cc1cccc(CNC(=O)c2cc(C)n(CC)c2C)c1. The van der Waals surface area contributed by atoms with E-state index in [1.807, 2.05) is 19.9 Å². The maximum Gasteiger partial charge on any atom is 0.253 e. The molecule has 2 aromatic rings. The fraction of sp³-hybridized carbons (Fsp3) is 0.450. The molecule has 4 heteroatoms. The molecule has 1 N–H and O–H groups in total. The Kier molecular flexibility index (Phi) is 6.21. The molecule has 0 aliphatic heterocycles. The van der Waals surface area contributed by atoms with Crippen molar-refractivity contribution in [1.29, 1.82) is 0 Å². The van der Waals surface area contributed by atoms with Gasteiger partial charge in [0.15, 0.2) is 0 Å². The second-order valence-corrected chi connectivity index (χ2v) is 6.36. The summed E-state index contributed by atoms with van der Waals surface area (Å²) in [6.45, 7) is 11.7. The molecule has 4 nitrogen and oxygen atoms in total. The summed E-state index contributed by atoms with van der Waals surface area (Å²) in [5.74, 6) is -0.00104. The van der Waals surface area contributed by atoms with E-state index in [9.17, 15) is 4.79 Å². The molecule has 0 atom stereocenters. The number of nitrogens with one attached hydrogen (secondary N) is 1. The smallest absolute Gasteiger partial charge is 0.253 e. The van der Waals surface area contributed by atoms with Gasteiger partial charge in [0, 0.05) is 31.0 Å². The number of benzene rings is 1. The second kappa shape index (κ2) is 8.15. The second-order valence-electron chi connectivity index (χ2n) is 6.36. The van der Waals surface area contributed by atoms with Gasteiger partial charge in [0.25, 0.3) is 5.91 Å². The normalized spacial score (nSPS) is 11.1. The highest BCUT2D eigenvalue weighted by Crippen LogP contribution is 2.15. The zero-order valence-electron chi connectivity index (χ0n) is 15.5. The van der Waals surface area contributed by atoms with Crippen LogP contribution in [-0.4, -0.2) is 29.0 Å². The summed E-state index contributed by atoms with van der Waals surface area (Å²) >= 11 is 0. The van der Waals surface area contributed by atoms with Crippen LogP contribution in [0.25, 0.3) is 0 Å². The van der Waals surface area contributed by atoms with Crippen LogP contribution >= 0.6 is 0 Å². The zero-order valence-corrected chi connectivity index (χ0v) is 15.5. The number of hydrogen-bond donors (Lipinski definition) is 1. The molecule has 130 valence electrons. The van der Waals surface area contributed by atoms with E-state index >= 15 is 0 Å². The molecule has 0 spiro atoms. The minimum Gasteiger partial charge on any atom is -0.349 e. The van der Waals surface area contributed by atoms with Gasteiger partial charge in [0.2, 0.25) is 0 Å². The van der Waals surface area contributed by atoms with Crippen LogP contribution in [0.15, 0.2) is 30.3 Å². The first-order valence-electron chi connectivity index (χ1n) is 8.67. The molecule has 1 heterocycles. The van der Waals surface area contributed by atoms with Crippen molar-refractivity contribution >= 4 is 5.91 Å². The maximum absolute atomic E-state index is 12.5. The van der Waals surface area contributed by atoms with Crippen molar-refractivity contribution in [2.24, 2.45) is 0 Å². The first kappa shape index (κ1) is 18.3. The minimum atomic E-state index is -0.00104. The molecule has 2 rings (SSSR count). The molecule has 0 aliphatic rings. The number of amides is 1. The summed E-state index contributed by atoms with van der Waals surface area (Å²) in [6.07, 6.45) is 0. The van der Waals surface area contributed by atoms with Crippen LogP contribution in [0.4, 0.5) is 0 Å². The molecule has 0 aliphatic carbocycles. The van der Waals surface area contributed by atoms with E-state index in [2.05, 4.69) is 59.9 Å². The first-order valence-corrected chi connectivity index (χ1v) is 8.67. The van der Waals surface area contributed by atoms with E-state index in [4.69, 9.17) is 0 Å². The number of rotatable bonds is 7. The predicted octanol–water partition coefficient (Wildman–Crippen LogP) is 3.51. The Hall–Kier alpha value is -2.07. The molecule has 0 saturated carbocycles. The van der Waals surface area contributed by atoms with Gasteiger partial charge in [-0.2, -0.15) is 0 Å². The third-order valence-corrected chi connectivity index (χ3v) is 4.57. The molecule has 24 heavy (non-hydrogen) atoms. The highest BCUT2D eigenvalue weighted by Gasteiger charge is 2.14. The number of aromatic nitrogens is 1. The van der Waals surface area contributed by atoms with Gasteiger partial charge < -0.3 is 14.8 Å². The summed E-state index contributed by atoms with van der Waals surface area (Å²) in [5, 5.41) is 3.05. The van der Waals surface area contributed by atoms with Crippen LogP contribution in [0.1, 0.15) is 46.7 Å². The lowest BCUT2D eigenvalue weighted by Gasteiger charge is -2.14. The average molecular weight is 327 g/mol. The van der Waals surface area contributed by atoms with Gasteiger partial charge in [-0.3, -0.25) is 4.79 Å². The van der Waals surface area contributed by atoms with Crippen LogP contribution < -0.4 is 5.32 Å². The van der Waals surface area contributed by atoms with Crippen molar-refractivity contribution in [3.05, 3.63) is 58.4 Å². The van der Waals surface area contributed by atoms with Gasteiger partial charge in [0.05, 0.1) is 5.56 Å². The van der Waals surface area contributed by atoms with Crippen LogP contribution in [0, 0.1) is 13.8 Å². The number of nitrogens with zero attached hydrogens (tertiary/aromatic N) is 2. The van der Waals surface area contributed by atoms with E-state index < -0.39 is 0 Å². The third-order valence-electron chi connectivity index (χ3n) is 4.57. The average Bonchev–Trinajstić information content (AvgIpc) is 2.86. The third kappa shape index (κ3) is 4.26. The van der Waals surface area contributed by atoms with Gasteiger partial charge in [0.1, 0.15) is 0 Å². The van der Waals surface area contributed by atoms with Crippen molar-refractivity contribution < 1.29 is 4.79 Å². The Bertz CT molecular complexity index is 703. The van der Waals surface area contributed by atoms with E-state index in [-0.39, 0.29) is 5.91 Å². The lowest BCUT2D eigenvalue weighted by Crippen LogP contribution is -2.23. The number of hydrogen-bond acceptors (Lipinski definition) is 2. The minimum absolute atomic E-state index is 0.00104. The van der Waals surface area contributed by atoms with E-state index in [0.29, 0.717) is 6.54 Å². The van der Waals surface area contributed by atoms with Gasteiger partial charge in [-0.25, -0.2) is 0 Å². The largest absolute Gasteiger partial charge is 0.349 e. The molecular weight excluding hydrogens is 298 g/mol. The van der Waals surface area contributed by atoms with Crippen LogP contribution in [-0.2, 0) is 19.6 Å². The van der Waals surface area contributed by atoms with Crippen molar-refractivity contribution in [1.82, 2.24) is 14.8 Å². The zero-order chi connectivity index (χ0) is 17.7. The van der Waals surface area contributed by atoms with Crippen LogP contribution in [0.5, 0.6) is 0 Å².